The summed E-state index contributed by atoms with van der Waals surface area (Å²) in [5.74, 6) is 0. The summed E-state index contributed by atoms with van der Waals surface area (Å²) in [6.45, 7) is 0.283. The van der Waals surface area contributed by atoms with Gasteiger partial charge in [0.05, 0.1) is 5.60 Å². The third kappa shape index (κ3) is 2.64. The Kier molecular flexibility index (Phi) is 3.23. The van der Waals surface area contributed by atoms with Gasteiger partial charge in [0.2, 0.25) is 0 Å². The minimum absolute atomic E-state index is 0.283. The van der Waals surface area contributed by atoms with Crippen LogP contribution in [0.3, 0.4) is 0 Å². The summed E-state index contributed by atoms with van der Waals surface area (Å²) in [5.41, 5.74) is 1.51. The van der Waals surface area contributed by atoms with Crippen molar-refractivity contribution in [3.8, 4) is 0 Å². The summed E-state index contributed by atoms with van der Waals surface area (Å²) in [6.07, 6.45) is 2.51. The lowest BCUT2D eigenvalue weighted by molar-refractivity contribution is -0.0287. The quantitative estimate of drug-likeness (QED) is 0.691. The van der Waals surface area contributed by atoms with E-state index < -0.39 is 5.60 Å². The van der Waals surface area contributed by atoms with E-state index >= 15 is 0 Å². The minimum atomic E-state index is -0.722. The number of aliphatic hydroxyl groups is 1. The molecule has 3 N–H and O–H groups in total. The lowest BCUT2D eigenvalue weighted by Crippen LogP contribution is -2.48. The van der Waals surface area contributed by atoms with Crippen molar-refractivity contribution in [2.24, 2.45) is 0 Å². The van der Waals surface area contributed by atoms with Crippen LogP contribution in [-0.4, -0.2) is 23.3 Å². The maximum atomic E-state index is 11.9. The molecule has 118 valence electrons. The van der Waals surface area contributed by atoms with Crippen LogP contribution in [0.4, 0.5) is 10.5 Å². The number of hydrogen-bond donors (Lipinski definition) is 3. The molecule has 1 fully saturated rings. The predicted molar refractivity (Wildman–Crippen MR) is 89.5 cm³/mol. The van der Waals surface area contributed by atoms with Gasteiger partial charge in [-0.15, -0.1) is 0 Å². The van der Waals surface area contributed by atoms with E-state index in [9.17, 15) is 9.90 Å². The van der Waals surface area contributed by atoms with Crippen molar-refractivity contribution in [2.45, 2.75) is 24.9 Å². The number of benzene rings is 2. The molecule has 1 aliphatic rings. The van der Waals surface area contributed by atoms with E-state index in [-0.39, 0.29) is 12.6 Å². The maximum Gasteiger partial charge on any atom is 0.319 e. The Labute approximate surface area is 133 Å². The third-order valence-corrected chi connectivity index (χ3v) is 4.50. The number of carbonyl (C=O) groups excluding carboxylic acids is 1. The summed E-state index contributed by atoms with van der Waals surface area (Å²) in [4.78, 5) is 11.9. The highest BCUT2D eigenvalue weighted by molar-refractivity contribution is 6.06. The highest BCUT2D eigenvalue weighted by Gasteiger charge is 2.34. The van der Waals surface area contributed by atoms with Gasteiger partial charge in [0.1, 0.15) is 11.2 Å². The van der Waals surface area contributed by atoms with Crippen LogP contribution in [0.1, 0.15) is 19.3 Å². The van der Waals surface area contributed by atoms with E-state index in [0.29, 0.717) is 5.69 Å². The van der Waals surface area contributed by atoms with E-state index in [1.165, 1.54) is 0 Å². The fourth-order valence-electron chi connectivity index (χ4n) is 2.99. The number of carbonyl (C=O) groups is 1. The molecule has 0 spiro atoms. The van der Waals surface area contributed by atoms with Gasteiger partial charge < -0.3 is 20.2 Å². The first-order chi connectivity index (χ1) is 11.1. The second-order valence-electron chi connectivity index (χ2n) is 6.19. The predicted octanol–water partition coefficient (Wildman–Crippen LogP) is 3.62. The van der Waals surface area contributed by atoms with Crippen molar-refractivity contribution in [2.75, 3.05) is 11.9 Å². The van der Waals surface area contributed by atoms with Gasteiger partial charge in [0, 0.05) is 29.1 Å². The Hall–Kier alpha value is -2.53. The maximum absolute atomic E-state index is 11.9. The summed E-state index contributed by atoms with van der Waals surface area (Å²) < 4.78 is 5.80. The standard InChI is InChI=1S/C18H18N2O3/c21-17(19-11-18(22)8-3-9-18)20-12-6-7-14-13-4-1-2-5-15(13)23-16(14)10-12/h1-2,4-7,10,22H,3,8-9,11H2,(H2,19,20,21). The molecule has 0 saturated heterocycles. The molecule has 0 radical (unpaired) electrons. The highest BCUT2D eigenvalue weighted by atomic mass is 16.3. The molecular weight excluding hydrogens is 292 g/mol. The second-order valence-corrected chi connectivity index (χ2v) is 6.19. The molecule has 0 aliphatic heterocycles. The summed E-state index contributed by atoms with van der Waals surface area (Å²) in [5, 5.41) is 17.6. The van der Waals surface area contributed by atoms with Crippen LogP contribution in [0, 0.1) is 0 Å². The summed E-state index contributed by atoms with van der Waals surface area (Å²) in [7, 11) is 0. The van der Waals surface area contributed by atoms with Gasteiger partial charge in [-0.1, -0.05) is 18.2 Å². The number of hydrogen-bond acceptors (Lipinski definition) is 3. The molecule has 4 rings (SSSR count). The third-order valence-electron chi connectivity index (χ3n) is 4.50. The largest absolute Gasteiger partial charge is 0.456 e. The summed E-state index contributed by atoms with van der Waals surface area (Å²) >= 11 is 0. The molecular formula is C18H18N2O3. The van der Waals surface area contributed by atoms with E-state index in [2.05, 4.69) is 10.6 Å². The van der Waals surface area contributed by atoms with Gasteiger partial charge in [-0.2, -0.15) is 0 Å². The van der Waals surface area contributed by atoms with Gasteiger partial charge >= 0.3 is 6.03 Å². The number of amides is 2. The fourth-order valence-corrected chi connectivity index (χ4v) is 2.99. The first-order valence-corrected chi connectivity index (χ1v) is 7.82. The Morgan fingerprint density at radius 2 is 1.91 bits per heavy atom. The number of urea groups is 1. The number of nitrogens with one attached hydrogen (secondary N) is 2. The normalized spacial score (nSPS) is 16.2. The van der Waals surface area contributed by atoms with Gasteiger partial charge in [0.15, 0.2) is 0 Å². The Balaban J connectivity index is 1.50. The molecule has 5 nitrogen and oxygen atoms in total. The monoisotopic (exact) mass is 310 g/mol. The Morgan fingerprint density at radius 1 is 1.13 bits per heavy atom. The number of rotatable bonds is 3. The molecule has 1 heterocycles. The molecule has 0 bridgehead atoms. The SMILES string of the molecule is O=C(NCC1(O)CCC1)Nc1ccc2c(c1)oc1ccccc12. The van der Waals surface area contributed by atoms with E-state index in [0.717, 1.165) is 41.2 Å². The van der Waals surface area contributed by atoms with Crippen LogP contribution < -0.4 is 10.6 Å². The average Bonchev–Trinajstić information content (AvgIpc) is 2.88. The molecule has 3 aromatic rings. The molecule has 2 aromatic carbocycles. The van der Waals surface area contributed by atoms with Crippen LogP contribution in [0.15, 0.2) is 46.9 Å². The highest BCUT2D eigenvalue weighted by Crippen LogP contribution is 2.31. The van der Waals surface area contributed by atoms with E-state index in [1.54, 1.807) is 0 Å². The fraction of sp³-hybridized carbons (Fsp3) is 0.278. The van der Waals surface area contributed by atoms with Crippen LogP contribution in [-0.2, 0) is 0 Å². The zero-order valence-corrected chi connectivity index (χ0v) is 12.6. The zero-order chi connectivity index (χ0) is 15.9. The molecule has 1 aliphatic carbocycles. The molecule has 5 heteroatoms. The van der Waals surface area contributed by atoms with Gasteiger partial charge in [-0.05, 0) is 37.5 Å². The van der Waals surface area contributed by atoms with E-state index in [1.807, 2.05) is 42.5 Å². The van der Waals surface area contributed by atoms with Gasteiger partial charge in [0.25, 0.3) is 0 Å². The molecule has 1 aromatic heterocycles. The van der Waals surface area contributed by atoms with Crippen LogP contribution >= 0.6 is 0 Å². The lowest BCUT2D eigenvalue weighted by Gasteiger charge is -2.36. The lowest BCUT2D eigenvalue weighted by atomic mass is 9.80. The zero-order valence-electron chi connectivity index (χ0n) is 12.6. The molecule has 0 unspecified atom stereocenters. The number of anilines is 1. The smallest absolute Gasteiger partial charge is 0.319 e. The van der Waals surface area contributed by atoms with Crippen molar-refractivity contribution < 1.29 is 14.3 Å². The van der Waals surface area contributed by atoms with Crippen molar-refractivity contribution >= 4 is 33.7 Å². The van der Waals surface area contributed by atoms with Crippen LogP contribution in [0.2, 0.25) is 0 Å². The molecule has 2 amide bonds. The van der Waals surface area contributed by atoms with Gasteiger partial charge in [-0.3, -0.25) is 0 Å². The minimum Gasteiger partial charge on any atom is -0.456 e. The molecule has 23 heavy (non-hydrogen) atoms. The van der Waals surface area contributed by atoms with Crippen molar-refractivity contribution in [3.05, 3.63) is 42.5 Å². The first kappa shape index (κ1) is 14.1. The average molecular weight is 310 g/mol. The second kappa shape index (κ2) is 5.28. The van der Waals surface area contributed by atoms with E-state index in [4.69, 9.17) is 4.42 Å². The van der Waals surface area contributed by atoms with Crippen LogP contribution in [0.5, 0.6) is 0 Å². The molecule has 0 atom stereocenters. The topological polar surface area (TPSA) is 74.5 Å². The number of fused-ring (bicyclic) bond motifs is 3. The number of para-hydroxylation sites is 1. The first-order valence-electron chi connectivity index (χ1n) is 7.82. The van der Waals surface area contributed by atoms with Crippen molar-refractivity contribution in [1.82, 2.24) is 5.32 Å². The van der Waals surface area contributed by atoms with Crippen LogP contribution in [0.25, 0.3) is 21.9 Å². The van der Waals surface area contributed by atoms with Crippen molar-refractivity contribution in [1.29, 1.82) is 0 Å². The van der Waals surface area contributed by atoms with Crippen molar-refractivity contribution in [3.63, 3.8) is 0 Å². The van der Waals surface area contributed by atoms with Gasteiger partial charge in [-0.25, -0.2) is 4.79 Å². The summed E-state index contributed by atoms with van der Waals surface area (Å²) in [6, 6.07) is 13.1. The number of furan rings is 1. The Morgan fingerprint density at radius 3 is 2.70 bits per heavy atom. The molecule has 1 saturated carbocycles. The Bertz CT molecular complexity index is 880.